The molecule has 0 saturated carbocycles. The standard InChI is InChI=1S/C6H13NO2S/c1-2-7-5(3-4-10)6(8)9/h5,7,10H,2-4H2,1H3,(H,8,9). The monoisotopic (exact) mass is 163 g/mol. The zero-order valence-corrected chi connectivity index (χ0v) is 6.90. The Kier molecular flexibility index (Phi) is 5.43. The fourth-order valence-corrected chi connectivity index (χ4v) is 0.947. The van der Waals surface area contributed by atoms with Crippen LogP contribution in [-0.2, 0) is 4.79 Å². The molecule has 0 saturated heterocycles. The van der Waals surface area contributed by atoms with Crippen molar-refractivity contribution >= 4 is 18.6 Å². The summed E-state index contributed by atoms with van der Waals surface area (Å²) in [6, 6.07) is -0.428. The van der Waals surface area contributed by atoms with Crippen LogP contribution in [0.25, 0.3) is 0 Å². The van der Waals surface area contributed by atoms with Crippen molar-refractivity contribution in [2.45, 2.75) is 19.4 Å². The number of likely N-dealkylation sites (N-methyl/N-ethyl adjacent to an activating group) is 1. The first-order valence-electron chi connectivity index (χ1n) is 3.29. The first-order valence-corrected chi connectivity index (χ1v) is 3.92. The topological polar surface area (TPSA) is 49.3 Å². The molecular weight excluding hydrogens is 150 g/mol. The van der Waals surface area contributed by atoms with Gasteiger partial charge in [-0.1, -0.05) is 6.92 Å². The highest BCUT2D eigenvalue weighted by Crippen LogP contribution is 1.93. The highest BCUT2D eigenvalue weighted by molar-refractivity contribution is 7.80. The van der Waals surface area contributed by atoms with Crippen molar-refractivity contribution in [3.05, 3.63) is 0 Å². The van der Waals surface area contributed by atoms with Crippen LogP contribution in [0.15, 0.2) is 0 Å². The predicted octanol–water partition coefficient (Wildman–Crippen LogP) is 0.369. The number of rotatable bonds is 5. The number of nitrogens with one attached hydrogen (secondary N) is 1. The third kappa shape index (κ3) is 3.74. The molecule has 0 aromatic carbocycles. The van der Waals surface area contributed by atoms with Gasteiger partial charge in [-0.2, -0.15) is 12.6 Å². The summed E-state index contributed by atoms with van der Waals surface area (Å²) >= 11 is 3.94. The molecule has 0 aliphatic rings. The van der Waals surface area contributed by atoms with Gasteiger partial charge >= 0.3 is 5.97 Å². The van der Waals surface area contributed by atoms with Crippen molar-refractivity contribution in [3.8, 4) is 0 Å². The van der Waals surface area contributed by atoms with E-state index in [0.717, 1.165) is 0 Å². The first-order chi connectivity index (χ1) is 4.72. The average Bonchev–Trinajstić information content (AvgIpc) is 1.87. The number of carboxylic acids is 1. The van der Waals surface area contributed by atoms with Gasteiger partial charge in [-0.3, -0.25) is 4.79 Å². The Balaban J connectivity index is 3.61. The molecule has 2 N–H and O–H groups in total. The molecule has 0 aliphatic carbocycles. The summed E-state index contributed by atoms with van der Waals surface area (Å²) in [7, 11) is 0. The molecule has 0 fully saturated rings. The molecule has 4 heteroatoms. The van der Waals surface area contributed by atoms with E-state index < -0.39 is 12.0 Å². The van der Waals surface area contributed by atoms with E-state index in [-0.39, 0.29) is 0 Å². The van der Waals surface area contributed by atoms with Crippen LogP contribution in [0.1, 0.15) is 13.3 Å². The number of carboxylic acid groups (broad SMARTS) is 1. The van der Waals surface area contributed by atoms with Gasteiger partial charge in [0.05, 0.1) is 0 Å². The molecule has 0 radical (unpaired) electrons. The first kappa shape index (κ1) is 9.78. The normalized spacial score (nSPS) is 13.0. The minimum absolute atomic E-state index is 0.428. The van der Waals surface area contributed by atoms with Gasteiger partial charge in [0, 0.05) is 0 Å². The number of thiol groups is 1. The van der Waals surface area contributed by atoms with Crippen LogP contribution in [-0.4, -0.2) is 29.4 Å². The SMILES string of the molecule is CCNC(CCS)C(=O)O. The number of carbonyl (C=O) groups is 1. The minimum atomic E-state index is -0.795. The van der Waals surface area contributed by atoms with Gasteiger partial charge in [-0.05, 0) is 18.7 Å². The molecule has 0 amide bonds. The second-order valence-corrected chi connectivity index (χ2v) is 2.41. The van der Waals surface area contributed by atoms with E-state index in [1.165, 1.54) is 0 Å². The van der Waals surface area contributed by atoms with Crippen LogP contribution in [0.3, 0.4) is 0 Å². The second-order valence-electron chi connectivity index (χ2n) is 1.96. The fraction of sp³-hybridized carbons (Fsp3) is 0.833. The van der Waals surface area contributed by atoms with Crippen molar-refractivity contribution in [2.75, 3.05) is 12.3 Å². The molecule has 60 valence electrons. The van der Waals surface area contributed by atoms with E-state index in [0.29, 0.717) is 18.7 Å². The van der Waals surface area contributed by atoms with Crippen LogP contribution in [0, 0.1) is 0 Å². The molecule has 0 aliphatic heterocycles. The predicted molar refractivity (Wildman–Crippen MR) is 43.6 cm³/mol. The van der Waals surface area contributed by atoms with Crippen molar-refractivity contribution in [1.82, 2.24) is 5.32 Å². The Labute approximate surface area is 66.2 Å². The lowest BCUT2D eigenvalue weighted by molar-refractivity contribution is -0.139. The summed E-state index contributed by atoms with van der Waals surface area (Å²) in [5, 5.41) is 11.4. The molecule has 0 aromatic rings. The van der Waals surface area contributed by atoms with E-state index in [2.05, 4.69) is 17.9 Å². The number of hydrogen-bond donors (Lipinski definition) is 3. The molecule has 10 heavy (non-hydrogen) atoms. The molecule has 1 atom stereocenters. The van der Waals surface area contributed by atoms with Crippen molar-refractivity contribution in [3.63, 3.8) is 0 Å². The molecule has 0 rings (SSSR count). The maximum absolute atomic E-state index is 10.4. The molecular formula is C6H13NO2S. The van der Waals surface area contributed by atoms with Gasteiger partial charge in [0.2, 0.25) is 0 Å². The van der Waals surface area contributed by atoms with Crippen molar-refractivity contribution in [1.29, 1.82) is 0 Å². The highest BCUT2D eigenvalue weighted by Gasteiger charge is 2.13. The molecule has 3 nitrogen and oxygen atoms in total. The zero-order valence-electron chi connectivity index (χ0n) is 6.00. The Morgan fingerprint density at radius 1 is 1.80 bits per heavy atom. The maximum atomic E-state index is 10.4. The van der Waals surface area contributed by atoms with Gasteiger partial charge in [-0.25, -0.2) is 0 Å². The van der Waals surface area contributed by atoms with Crippen molar-refractivity contribution < 1.29 is 9.90 Å². The summed E-state index contributed by atoms with van der Waals surface area (Å²) in [6.07, 6.45) is 0.576. The summed E-state index contributed by atoms with van der Waals surface area (Å²) in [6.45, 7) is 2.57. The van der Waals surface area contributed by atoms with E-state index in [1.54, 1.807) is 0 Å². The largest absolute Gasteiger partial charge is 0.480 e. The van der Waals surface area contributed by atoms with Gasteiger partial charge in [0.15, 0.2) is 0 Å². The van der Waals surface area contributed by atoms with E-state index >= 15 is 0 Å². The van der Waals surface area contributed by atoms with E-state index in [4.69, 9.17) is 5.11 Å². The molecule has 0 heterocycles. The lowest BCUT2D eigenvalue weighted by Gasteiger charge is -2.10. The van der Waals surface area contributed by atoms with E-state index in [9.17, 15) is 4.79 Å². The summed E-state index contributed by atoms with van der Waals surface area (Å²) < 4.78 is 0. The number of aliphatic carboxylic acids is 1. The minimum Gasteiger partial charge on any atom is -0.480 e. The Morgan fingerprint density at radius 2 is 2.40 bits per heavy atom. The molecule has 0 aromatic heterocycles. The summed E-state index contributed by atoms with van der Waals surface area (Å²) in [5.74, 6) is -0.194. The van der Waals surface area contributed by atoms with Crippen LogP contribution in [0.4, 0.5) is 0 Å². The van der Waals surface area contributed by atoms with Gasteiger partial charge < -0.3 is 10.4 Å². The zero-order chi connectivity index (χ0) is 7.98. The lowest BCUT2D eigenvalue weighted by Crippen LogP contribution is -2.36. The van der Waals surface area contributed by atoms with Crippen LogP contribution >= 0.6 is 12.6 Å². The van der Waals surface area contributed by atoms with E-state index in [1.807, 2.05) is 6.92 Å². The van der Waals surface area contributed by atoms with Gasteiger partial charge in [0.25, 0.3) is 0 Å². The highest BCUT2D eigenvalue weighted by atomic mass is 32.1. The van der Waals surface area contributed by atoms with Crippen LogP contribution in [0.5, 0.6) is 0 Å². The second kappa shape index (κ2) is 5.56. The van der Waals surface area contributed by atoms with Gasteiger partial charge in [-0.15, -0.1) is 0 Å². The lowest BCUT2D eigenvalue weighted by atomic mass is 10.2. The summed E-state index contributed by atoms with van der Waals surface area (Å²) in [5.41, 5.74) is 0. The van der Waals surface area contributed by atoms with Crippen LogP contribution < -0.4 is 5.32 Å². The van der Waals surface area contributed by atoms with Gasteiger partial charge in [0.1, 0.15) is 6.04 Å². The van der Waals surface area contributed by atoms with Crippen LogP contribution in [0.2, 0.25) is 0 Å². The number of hydrogen-bond acceptors (Lipinski definition) is 3. The third-order valence-electron chi connectivity index (χ3n) is 1.17. The third-order valence-corrected chi connectivity index (χ3v) is 1.42. The average molecular weight is 163 g/mol. The Bertz CT molecular complexity index is 102. The maximum Gasteiger partial charge on any atom is 0.320 e. The Hall–Kier alpha value is -0.220. The Morgan fingerprint density at radius 3 is 2.70 bits per heavy atom. The smallest absolute Gasteiger partial charge is 0.320 e. The quantitative estimate of drug-likeness (QED) is 0.513. The molecule has 0 bridgehead atoms. The fourth-order valence-electron chi connectivity index (χ4n) is 0.688. The summed E-state index contributed by atoms with van der Waals surface area (Å²) in [4.78, 5) is 10.4. The molecule has 0 spiro atoms. The van der Waals surface area contributed by atoms with Crippen molar-refractivity contribution in [2.24, 2.45) is 0 Å². The molecule has 1 unspecified atom stereocenters.